The molecule has 0 unspecified atom stereocenters. The number of rotatable bonds is 7. The average Bonchev–Trinajstić information content (AvgIpc) is 2.10. The van der Waals surface area contributed by atoms with Gasteiger partial charge in [0.15, 0.2) is 7.41 Å². The van der Waals surface area contributed by atoms with Gasteiger partial charge in [0.25, 0.3) is 7.55 Å². The van der Waals surface area contributed by atoms with Crippen molar-refractivity contribution in [2.75, 3.05) is 20.1 Å². The van der Waals surface area contributed by atoms with Crippen LogP contribution in [0.1, 0.15) is 26.7 Å². The molecule has 0 N–H and O–H groups in total. The molecule has 0 aliphatic rings. The minimum absolute atomic E-state index is 1.05. The molecule has 0 aromatic heterocycles. The molecule has 0 aliphatic heterocycles. The number of hydrogen-bond acceptors (Lipinski definition) is 2. The van der Waals surface area contributed by atoms with Gasteiger partial charge < -0.3 is 9.53 Å². The second kappa shape index (κ2) is 7.69. The van der Waals surface area contributed by atoms with E-state index in [4.69, 9.17) is 0 Å². The fourth-order valence-corrected chi connectivity index (χ4v) is 1.05. The first kappa shape index (κ1) is 12.0. The maximum atomic E-state index is 2.24. The van der Waals surface area contributed by atoms with Gasteiger partial charge in [0.2, 0.25) is 0 Å². The van der Waals surface area contributed by atoms with Gasteiger partial charge in [-0.25, -0.2) is 0 Å². The summed E-state index contributed by atoms with van der Waals surface area (Å²) >= 11 is 0. The Hall–Kier alpha value is 0.0499. The van der Waals surface area contributed by atoms with Crippen LogP contribution < -0.4 is 0 Å². The molecule has 0 spiro atoms. The quantitative estimate of drug-likeness (QED) is 0.525. The summed E-state index contributed by atoms with van der Waals surface area (Å²) in [5.41, 5.74) is 0. The van der Waals surface area contributed by atoms with E-state index in [1.54, 1.807) is 0 Å². The van der Waals surface area contributed by atoms with Crippen LogP contribution in [0.5, 0.6) is 0 Å². The van der Waals surface area contributed by atoms with E-state index in [1.165, 1.54) is 12.8 Å². The monoisotopic (exact) mass is 166 g/mol. The number of nitrogens with zero attached hydrogens (tertiary/aromatic N) is 2. The van der Waals surface area contributed by atoms with Crippen molar-refractivity contribution < 1.29 is 0 Å². The Morgan fingerprint density at radius 2 is 1.92 bits per heavy atom. The fourth-order valence-electron chi connectivity index (χ4n) is 1.05. The number of hydrogen-bond donors (Lipinski definition) is 0. The first-order valence-corrected chi connectivity index (χ1v) is 4.85. The summed E-state index contributed by atoms with van der Waals surface area (Å²) in [5.74, 6) is 0. The Morgan fingerprint density at radius 3 is 2.33 bits per heavy atom. The van der Waals surface area contributed by atoms with Crippen LogP contribution in [0.25, 0.3) is 0 Å². The van der Waals surface area contributed by atoms with E-state index in [-0.39, 0.29) is 0 Å². The molecular weight excluding hydrogens is 146 g/mol. The van der Waals surface area contributed by atoms with E-state index in [9.17, 15) is 0 Å². The Kier molecular flexibility index (Phi) is 7.72. The Bertz CT molecular complexity index is 97.1. The minimum Gasteiger partial charge on any atom is -0.379 e. The van der Waals surface area contributed by atoms with Crippen LogP contribution in [-0.2, 0) is 0 Å². The standard InChI is InChI=1S/C8H20B2N2/c1-5-7-8-11(4)10-12(6-2)9-3/h5-8H2,1-4H3. The summed E-state index contributed by atoms with van der Waals surface area (Å²) in [5, 5.41) is 0. The van der Waals surface area contributed by atoms with Gasteiger partial charge in [-0.05, 0) is 26.6 Å². The lowest BCUT2D eigenvalue weighted by molar-refractivity contribution is 0.477. The van der Waals surface area contributed by atoms with Crippen molar-refractivity contribution in [3.63, 3.8) is 0 Å². The molecule has 4 heteroatoms. The molecule has 68 valence electrons. The molecule has 0 aromatic rings. The van der Waals surface area contributed by atoms with Crippen LogP contribution in [-0.4, -0.2) is 44.6 Å². The van der Waals surface area contributed by atoms with E-state index >= 15 is 0 Å². The molecule has 2 nitrogen and oxygen atoms in total. The lowest BCUT2D eigenvalue weighted by Crippen LogP contribution is -2.41. The summed E-state index contributed by atoms with van der Waals surface area (Å²) < 4.78 is 2.19. The summed E-state index contributed by atoms with van der Waals surface area (Å²) in [6.45, 7) is 8.64. The fraction of sp³-hybridized carbons (Fsp3) is 1.00. The van der Waals surface area contributed by atoms with Gasteiger partial charge in [-0.2, -0.15) is 0 Å². The summed E-state index contributed by atoms with van der Waals surface area (Å²) in [6, 6.07) is 0. The maximum absolute atomic E-state index is 2.24. The van der Waals surface area contributed by atoms with E-state index < -0.39 is 0 Å². The maximum Gasteiger partial charge on any atom is 0.300 e. The molecule has 0 fully saturated rings. The molecule has 0 rings (SSSR count). The molecule has 0 aromatic carbocycles. The van der Waals surface area contributed by atoms with Crippen LogP contribution in [0.3, 0.4) is 0 Å². The third kappa shape index (κ3) is 5.67. The summed E-state index contributed by atoms with van der Waals surface area (Å²) in [7, 11) is 6.39. The Balaban J connectivity index is 3.44. The van der Waals surface area contributed by atoms with Gasteiger partial charge in [0, 0.05) is 0 Å². The van der Waals surface area contributed by atoms with Crippen molar-refractivity contribution in [3.8, 4) is 0 Å². The molecular formula is C8H20B2N2. The van der Waals surface area contributed by atoms with Gasteiger partial charge in [0.1, 0.15) is 0 Å². The van der Waals surface area contributed by atoms with Gasteiger partial charge in [-0.15, -0.1) is 0 Å². The third-order valence-electron chi connectivity index (χ3n) is 1.91. The molecule has 0 amide bonds. The van der Waals surface area contributed by atoms with Gasteiger partial charge in [0.05, 0.1) is 0 Å². The second-order valence-electron chi connectivity index (χ2n) is 3.04. The third-order valence-corrected chi connectivity index (χ3v) is 1.91. The Labute approximate surface area is 78.9 Å². The second-order valence-corrected chi connectivity index (χ2v) is 3.04. The topological polar surface area (TPSA) is 6.48 Å². The predicted molar refractivity (Wildman–Crippen MR) is 57.3 cm³/mol. The zero-order valence-electron chi connectivity index (χ0n) is 8.88. The molecule has 0 heterocycles. The highest BCUT2D eigenvalue weighted by atomic mass is 15.1. The van der Waals surface area contributed by atoms with Crippen molar-refractivity contribution in [2.24, 2.45) is 0 Å². The van der Waals surface area contributed by atoms with Crippen molar-refractivity contribution in [1.29, 1.82) is 0 Å². The summed E-state index contributed by atoms with van der Waals surface area (Å²) in [6.07, 6.45) is 2.54. The van der Waals surface area contributed by atoms with Crippen LogP contribution in [0, 0.1) is 0 Å². The van der Waals surface area contributed by atoms with Crippen molar-refractivity contribution >= 4 is 15.0 Å². The van der Waals surface area contributed by atoms with Gasteiger partial charge in [-0.3, -0.25) is 0 Å². The van der Waals surface area contributed by atoms with E-state index in [0.29, 0.717) is 0 Å². The van der Waals surface area contributed by atoms with Crippen LogP contribution >= 0.6 is 0 Å². The molecule has 0 atom stereocenters. The molecule has 2 radical (unpaired) electrons. The van der Waals surface area contributed by atoms with Crippen molar-refractivity contribution in [1.82, 2.24) is 9.53 Å². The largest absolute Gasteiger partial charge is 0.379 e. The predicted octanol–water partition coefficient (Wildman–Crippen LogP) is 1.24. The molecule has 12 heavy (non-hydrogen) atoms. The van der Waals surface area contributed by atoms with Crippen molar-refractivity contribution in [3.05, 3.63) is 0 Å². The minimum atomic E-state index is 1.05. The molecule has 0 saturated carbocycles. The zero-order valence-corrected chi connectivity index (χ0v) is 8.88. The molecule has 0 saturated heterocycles. The highest BCUT2D eigenvalue weighted by Crippen LogP contribution is 1.91. The van der Waals surface area contributed by atoms with Crippen molar-refractivity contribution in [2.45, 2.75) is 33.5 Å². The Morgan fingerprint density at radius 1 is 1.25 bits per heavy atom. The average molecular weight is 166 g/mol. The lowest BCUT2D eigenvalue weighted by Gasteiger charge is -2.23. The first-order chi connectivity index (χ1) is 5.74. The SMILES string of the molecule is C[B]N([B]N(C)CCCC)CC. The van der Waals surface area contributed by atoms with Crippen LogP contribution in [0.2, 0.25) is 6.82 Å². The van der Waals surface area contributed by atoms with Gasteiger partial charge in [-0.1, -0.05) is 27.1 Å². The highest BCUT2D eigenvalue weighted by molar-refractivity contribution is 6.47. The van der Waals surface area contributed by atoms with E-state index in [2.05, 4.69) is 52.2 Å². The van der Waals surface area contributed by atoms with E-state index in [0.717, 1.165) is 13.1 Å². The lowest BCUT2D eigenvalue weighted by atomic mass is 9.85. The first-order valence-electron chi connectivity index (χ1n) is 4.85. The number of unbranched alkanes of at least 4 members (excludes halogenated alkanes) is 1. The smallest absolute Gasteiger partial charge is 0.300 e. The summed E-state index contributed by atoms with van der Waals surface area (Å²) in [4.78, 5) is 2.24. The van der Waals surface area contributed by atoms with Gasteiger partial charge >= 0.3 is 0 Å². The normalized spacial score (nSPS) is 10.8. The highest BCUT2D eigenvalue weighted by Gasteiger charge is 2.06. The van der Waals surface area contributed by atoms with E-state index in [1.807, 2.05) is 0 Å². The molecule has 0 bridgehead atoms. The van der Waals surface area contributed by atoms with Crippen LogP contribution in [0.4, 0.5) is 0 Å². The van der Waals surface area contributed by atoms with Crippen LogP contribution in [0.15, 0.2) is 0 Å². The zero-order chi connectivity index (χ0) is 9.40. The molecule has 0 aliphatic carbocycles.